The summed E-state index contributed by atoms with van der Waals surface area (Å²) in [5.41, 5.74) is 5.66. The Kier molecular flexibility index (Phi) is 6.48. The molecule has 3 N–H and O–H groups in total. The van der Waals surface area contributed by atoms with E-state index in [0.29, 0.717) is 24.7 Å². The average molecular weight is 305 g/mol. The van der Waals surface area contributed by atoms with E-state index < -0.39 is 0 Å². The molecule has 1 aromatic heterocycles. The van der Waals surface area contributed by atoms with Crippen molar-refractivity contribution < 1.29 is 4.79 Å². The second kappa shape index (κ2) is 7.62. The van der Waals surface area contributed by atoms with Crippen LogP contribution in [0.2, 0.25) is 10.4 Å². The average Bonchev–Trinajstić information content (AvgIpc) is 2.25. The molecular formula is C12H18Cl2N4O. The molecule has 19 heavy (non-hydrogen) atoms. The van der Waals surface area contributed by atoms with Crippen molar-refractivity contribution in [2.75, 3.05) is 11.9 Å². The molecule has 1 amide bonds. The Balaban J connectivity index is 2.58. The van der Waals surface area contributed by atoms with Crippen molar-refractivity contribution in [1.82, 2.24) is 9.97 Å². The van der Waals surface area contributed by atoms with Crippen LogP contribution in [0.1, 0.15) is 26.7 Å². The third kappa shape index (κ3) is 6.18. The molecule has 0 fully saturated rings. The highest BCUT2D eigenvalue weighted by molar-refractivity contribution is 6.32. The van der Waals surface area contributed by atoms with Crippen molar-refractivity contribution in [3.63, 3.8) is 0 Å². The van der Waals surface area contributed by atoms with Gasteiger partial charge in [-0.3, -0.25) is 4.79 Å². The lowest BCUT2D eigenvalue weighted by Gasteiger charge is -2.16. The molecule has 1 rings (SSSR count). The van der Waals surface area contributed by atoms with E-state index in [4.69, 9.17) is 28.9 Å². The molecule has 0 aliphatic rings. The topological polar surface area (TPSA) is 80.9 Å². The Morgan fingerprint density at radius 1 is 1.42 bits per heavy atom. The SMILES string of the molecule is CC(C)CC(CN)CC(=O)Nc1cc(Cl)nc(Cl)n1. The van der Waals surface area contributed by atoms with Crippen LogP contribution in [0, 0.1) is 11.8 Å². The number of halogens is 2. The van der Waals surface area contributed by atoms with Gasteiger partial charge in [0.1, 0.15) is 11.0 Å². The minimum atomic E-state index is -0.151. The molecule has 1 heterocycles. The number of aromatic nitrogens is 2. The first-order valence-corrected chi connectivity index (χ1v) is 6.86. The van der Waals surface area contributed by atoms with Crippen molar-refractivity contribution in [2.24, 2.45) is 17.6 Å². The lowest BCUT2D eigenvalue weighted by Crippen LogP contribution is -2.23. The van der Waals surface area contributed by atoms with Gasteiger partial charge >= 0.3 is 0 Å². The summed E-state index contributed by atoms with van der Waals surface area (Å²) in [5.74, 6) is 0.814. The van der Waals surface area contributed by atoms with Gasteiger partial charge in [0.25, 0.3) is 0 Å². The Labute approximate surface area is 122 Å². The molecular weight excluding hydrogens is 287 g/mol. The Morgan fingerprint density at radius 3 is 2.63 bits per heavy atom. The fourth-order valence-corrected chi connectivity index (χ4v) is 2.25. The summed E-state index contributed by atoms with van der Waals surface area (Å²) in [4.78, 5) is 19.5. The normalized spacial score (nSPS) is 12.5. The molecule has 106 valence electrons. The van der Waals surface area contributed by atoms with Crippen molar-refractivity contribution >= 4 is 34.9 Å². The van der Waals surface area contributed by atoms with Crippen LogP contribution in [-0.4, -0.2) is 22.4 Å². The maximum Gasteiger partial charge on any atom is 0.225 e. The largest absolute Gasteiger partial charge is 0.330 e. The number of rotatable bonds is 6. The van der Waals surface area contributed by atoms with E-state index in [1.54, 1.807) is 0 Å². The number of nitrogens with one attached hydrogen (secondary N) is 1. The fourth-order valence-electron chi connectivity index (χ4n) is 1.84. The second-order valence-corrected chi connectivity index (χ2v) is 5.55. The molecule has 0 bridgehead atoms. The van der Waals surface area contributed by atoms with Gasteiger partial charge < -0.3 is 11.1 Å². The van der Waals surface area contributed by atoms with Crippen LogP contribution in [0.5, 0.6) is 0 Å². The fraction of sp³-hybridized carbons (Fsp3) is 0.583. The lowest BCUT2D eigenvalue weighted by atomic mass is 9.94. The third-order valence-corrected chi connectivity index (χ3v) is 2.91. The Hall–Kier alpha value is -0.910. The molecule has 0 aliphatic carbocycles. The quantitative estimate of drug-likeness (QED) is 0.625. The van der Waals surface area contributed by atoms with Crippen LogP contribution >= 0.6 is 23.2 Å². The van der Waals surface area contributed by atoms with Crippen LogP contribution < -0.4 is 11.1 Å². The summed E-state index contributed by atoms with van der Waals surface area (Å²) >= 11 is 11.4. The predicted octanol–water partition coefficient (Wildman–Crippen LogP) is 2.73. The van der Waals surface area contributed by atoms with Crippen molar-refractivity contribution in [2.45, 2.75) is 26.7 Å². The number of hydrogen-bond acceptors (Lipinski definition) is 4. The van der Waals surface area contributed by atoms with Gasteiger partial charge in [-0.15, -0.1) is 0 Å². The summed E-state index contributed by atoms with van der Waals surface area (Å²) in [7, 11) is 0. The summed E-state index contributed by atoms with van der Waals surface area (Å²) in [6.45, 7) is 4.69. The zero-order chi connectivity index (χ0) is 14.4. The van der Waals surface area contributed by atoms with E-state index in [-0.39, 0.29) is 22.3 Å². The van der Waals surface area contributed by atoms with Crippen molar-refractivity contribution in [1.29, 1.82) is 0 Å². The van der Waals surface area contributed by atoms with E-state index in [2.05, 4.69) is 29.1 Å². The smallest absolute Gasteiger partial charge is 0.225 e. The monoisotopic (exact) mass is 304 g/mol. The second-order valence-electron chi connectivity index (χ2n) is 4.83. The van der Waals surface area contributed by atoms with Gasteiger partial charge in [0, 0.05) is 12.5 Å². The minimum absolute atomic E-state index is 0.000329. The molecule has 5 nitrogen and oxygen atoms in total. The molecule has 1 unspecified atom stereocenters. The highest BCUT2D eigenvalue weighted by Gasteiger charge is 2.15. The van der Waals surface area contributed by atoms with Crippen LogP contribution in [0.3, 0.4) is 0 Å². The van der Waals surface area contributed by atoms with E-state index >= 15 is 0 Å². The number of amides is 1. The number of carbonyl (C=O) groups excluding carboxylic acids is 1. The summed E-state index contributed by atoms with van der Waals surface area (Å²) in [6, 6.07) is 1.45. The summed E-state index contributed by atoms with van der Waals surface area (Å²) in [5, 5.41) is 2.84. The van der Waals surface area contributed by atoms with Gasteiger partial charge in [0.2, 0.25) is 11.2 Å². The molecule has 0 spiro atoms. The number of carbonyl (C=O) groups is 1. The molecule has 0 saturated carbocycles. The summed E-state index contributed by atoms with van der Waals surface area (Å²) in [6.07, 6.45) is 1.27. The van der Waals surface area contributed by atoms with Crippen LogP contribution in [0.25, 0.3) is 0 Å². The van der Waals surface area contributed by atoms with Gasteiger partial charge in [-0.25, -0.2) is 9.97 Å². The first-order chi connectivity index (χ1) is 8.90. The molecule has 0 aromatic carbocycles. The molecule has 0 aliphatic heterocycles. The van der Waals surface area contributed by atoms with E-state index in [0.717, 1.165) is 6.42 Å². The van der Waals surface area contributed by atoms with E-state index in [1.165, 1.54) is 6.07 Å². The Bertz CT molecular complexity index is 419. The van der Waals surface area contributed by atoms with Crippen molar-refractivity contribution in [3.8, 4) is 0 Å². The van der Waals surface area contributed by atoms with Crippen LogP contribution in [0.15, 0.2) is 6.07 Å². The minimum Gasteiger partial charge on any atom is -0.330 e. The molecule has 0 saturated heterocycles. The number of anilines is 1. The van der Waals surface area contributed by atoms with Gasteiger partial charge in [0.05, 0.1) is 0 Å². The zero-order valence-electron chi connectivity index (χ0n) is 11.0. The standard InChI is InChI=1S/C12H18Cl2N4O/c1-7(2)3-8(6-15)4-11(19)17-10-5-9(13)16-12(14)18-10/h5,7-8H,3-4,6,15H2,1-2H3,(H,16,17,18,19). The zero-order valence-corrected chi connectivity index (χ0v) is 12.5. The first kappa shape index (κ1) is 16.1. The van der Waals surface area contributed by atoms with Crippen LogP contribution in [0.4, 0.5) is 5.82 Å². The summed E-state index contributed by atoms with van der Waals surface area (Å²) < 4.78 is 0. The van der Waals surface area contributed by atoms with Gasteiger partial charge in [0.15, 0.2) is 0 Å². The highest BCUT2D eigenvalue weighted by Crippen LogP contribution is 2.17. The molecule has 0 radical (unpaired) electrons. The molecule has 7 heteroatoms. The number of nitrogens with zero attached hydrogens (tertiary/aromatic N) is 2. The lowest BCUT2D eigenvalue weighted by molar-refractivity contribution is -0.117. The molecule has 1 aromatic rings. The van der Waals surface area contributed by atoms with E-state index in [9.17, 15) is 4.79 Å². The van der Waals surface area contributed by atoms with E-state index in [1.807, 2.05) is 0 Å². The third-order valence-electron chi connectivity index (χ3n) is 2.55. The predicted molar refractivity (Wildman–Crippen MR) is 77.3 cm³/mol. The van der Waals surface area contributed by atoms with Gasteiger partial charge in [-0.1, -0.05) is 25.4 Å². The highest BCUT2D eigenvalue weighted by atomic mass is 35.5. The number of hydrogen-bond donors (Lipinski definition) is 2. The number of nitrogens with two attached hydrogens (primary N) is 1. The van der Waals surface area contributed by atoms with Crippen molar-refractivity contribution in [3.05, 3.63) is 16.5 Å². The van der Waals surface area contributed by atoms with Gasteiger partial charge in [-0.2, -0.15) is 0 Å². The maximum absolute atomic E-state index is 11.9. The van der Waals surface area contributed by atoms with Crippen LogP contribution in [-0.2, 0) is 4.79 Å². The maximum atomic E-state index is 11.9. The van der Waals surface area contributed by atoms with Gasteiger partial charge in [-0.05, 0) is 36.4 Å². The molecule has 1 atom stereocenters. The Morgan fingerprint density at radius 2 is 2.11 bits per heavy atom. The first-order valence-electron chi connectivity index (χ1n) is 6.10.